The van der Waals surface area contributed by atoms with Crippen LogP contribution in [-0.2, 0) is 20.6 Å². The number of hydrogen-bond acceptors (Lipinski definition) is 3. The molecule has 0 aliphatic heterocycles. The van der Waals surface area contributed by atoms with E-state index < -0.39 is 0 Å². The van der Waals surface area contributed by atoms with Crippen LogP contribution in [0, 0.1) is 0 Å². The van der Waals surface area contributed by atoms with Gasteiger partial charge in [0.15, 0.2) is 10.3 Å². The van der Waals surface area contributed by atoms with Crippen molar-refractivity contribution < 1.29 is 0 Å². The van der Waals surface area contributed by atoms with Gasteiger partial charge in [0.25, 0.3) is 11.1 Å². The fourth-order valence-corrected chi connectivity index (χ4v) is 2.99. The monoisotopic (exact) mass is 382 g/mol. The summed E-state index contributed by atoms with van der Waals surface area (Å²) in [5.74, 6) is 0. The first kappa shape index (κ1) is 15.1. The van der Waals surface area contributed by atoms with Gasteiger partial charge in [-0.25, -0.2) is 14.3 Å². The van der Waals surface area contributed by atoms with Gasteiger partial charge < -0.3 is 4.57 Å². The fourth-order valence-electron chi connectivity index (χ4n) is 2.31. The lowest BCUT2D eigenvalue weighted by Gasteiger charge is -2.09. The Labute approximate surface area is 138 Å². The topological polar surface area (TPSA) is 61.8 Å². The van der Waals surface area contributed by atoms with Crippen molar-refractivity contribution in [3.8, 4) is 0 Å². The first-order valence-corrected chi connectivity index (χ1v) is 7.64. The largest absolute Gasteiger partial charge is 0.309 e. The van der Waals surface area contributed by atoms with E-state index in [0.717, 1.165) is 5.56 Å². The van der Waals surface area contributed by atoms with E-state index >= 15 is 0 Å². The maximum Gasteiger partial charge on any atom is 0.293 e. The molecule has 3 aromatic rings. The number of hydrogen-bond donors (Lipinski definition) is 0. The molecule has 0 bridgehead atoms. The van der Waals surface area contributed by atoms with Crippen molar-refractivity contribution in [2.24, 2.45) is 14.1 Å². The van der Waals surface area contributed by atoms with Crippen molar-refractivity contribution in [2.45, 2.75) is 6.54 Å². The van der Waals surface area contributed by atoms with Crippen LogP contribution in [0.25, 0.3) is 11.0 Å². The van der Waals surface area contributed by atoms with Gasteiger partial charge in [-0.3, -0.25) is 9.59 Å². The molecule has 0 N–H and O–H groups in total. The molecule has 6 nitrogen and oxygen atoms in total. The van der Waals surface area contributed by atoms with E-state index in [9.17, 15) is 9.59 Å². The van der Waals surface area contributed by atoms with Crippen molar-refractivity contribution in [1.29, 1.82) is 0 Å². The first-order chi connectivity index (χ1) is 10.4. The van der Waals surface area contributed by atoms with Crippen LogP contribution in [0.1, 0.15) is 5.56 Å². The predicted molar refractivity (Wildman–Crippen MR) is 88.5 cm³/mol. The van der Waals surface area contributed by atoms with Crippen molar-refractivity contribution >= 4 is 38.6 Å². The maximum absolute atomic E-state index is 12.5. The molecule has 0 spiro atoms. The molecule has 3 rings (SSSR count). The zero-order valence-electron chi connectivity index (χ0n) is 11.9. The molecule has 0 aliphatic rings. The van der Waals surface area contributed by atoms with E-state index in [2.05, 4.69) is 20.9 Å². The highest BCUT2D eigenvalue weighted by Crippen LogP contribution is 2.21. The normalized spacial score (nSPS) is 11.3. The molecular formula is C14H12BrClN4O2. The molecular weight excluding hydrogens is 372 g/mol. The van der Waals surface area contributed by atoms with Gasteiger partial charge in [-0.15, -0.1) is 0 Å². The second kappa shape index (κ2) is 5.40. The summed E-state index contributed by atoms with van der Waals surface area (Å²) in [5, 5.41) is 0.594. The average molecular weight is 384 g/mol. The van der Waals surface area contributed by atoms with Crippen molar-refractivity contribution in [3.63, 3.8) is 0 Å². The highest BCUT2D eigenvalue weighted by Gasteiger charge is 2.18. The molecule has 0 radical (unpaired) electrons. The number of nitrogens with zero attached hydrogens (tertiary/aromatic N) is 4. The third-order valence-corrected chi connectivity index (χ3v) is 4.62. The van der Waals surface area contributed by atoms with Crippen molar-refractivity contribution in [1.82, 2.24) is 18.9 Å². The maximum atomic E-state index is 12.5. The second-order valence-corrected chi connectivity index (χ2v) is 6.03. The van der Waals surface area contributed by atoms with Gasteiger partial charge in [-0.2, -0.15) is 0 Å². The van der Waals surface area contributed by atoms with Gasteiger partial charge in [0.05, 0.1) is 6.54 Å². The van der Waals surface area contributed by atoms with Crippen LogP contribution in [0.2, 0.25) is 5.02 Å². The number of imidazole rings is 1. The van der Waals surface area contributed by atoms with Gasteiger partial charge in [0.1, 0.15) is 5.52 Å². The van der Waals surface area contributed by atoms with Crippen molar-refractivity contribution in [2.75, 3.05) is 0 Å². The van der Waals surface area contributed by atoms with E-state index in [-0.39, 0.29) is 22.2 Å². The van der Waals surface area contributed by atoms with E-state index in [1.165, 1.54) is 16.4 Å². The smallest absolute Gasteiger partial charge is 0.293 e. The number of rotatable bonds is 2. The summed E-state index contributed by atoms with van der Waals surface area (Å²) < 4.78 is 4.58. The minimum Gasteiger partial charge on any atom is -0.309 e. The molecule has 0 unspecified atom stereocenters. The summed E-state index contributed by atoms with van der Waals surface area (Å²) in [6.07, 6.45) is 0. The first-order valence-electron chi connectivity index (χ1n) is 6.47. The summed E-state index contributed by atoms with van der Waals surface area (Å²) in [4.78, 5) is 29.0. The second-order valence-electron chi connectivity index (χ2n) is 4.91. The van der Waals surface area contributed by atoms with Crippen LogP contribution in [0.4, 0.5) is 0 Å². The standard InChI is InChI=1S/C14H12BrClN4O2/c1-18-12(21)10-11(13(22)19(18)2)20(14(15)17-10)7-8-5-3-4-6-9(8)16/h3-6H,7H2,1-2H3. The lowest BCUT2D eigenvalue weighted by Crippen LogP contribution is -2.35. The van der Waals surface area contributed by atoms with Gasteiger partial charge in [-0.1, -0.05) is 29.8 Å². The fraction of sp³-hybridized carbons (Fsp3) is 0.214. The molecule has 0 fully saturated rings. The molecule has 114 valence electrons. The van der Waals surface area contributed by atoms with Gasteiger partial charge >= 0.3 is 0 Å². The zero-order valence-corrected chi connectivity index (χ0v) is 14.2. The number of halogens is 2. The molecule has 2 heterocycles. The molecule has 22 heavy (non-hydrogen) atoms. The predicted octanol–water partition coefficient (Wildman–Crippen LogP) is 1.90. The number of aromatic nitrogens is 4. The van der Waals surface area contributed by atoms with Crippen LogP contribution in [0.5, 0.6) is 0 Å². The van der Waals surface area contributed by atoms with Crippen LogP contribution in [-0.4, -0.2) is 18.9 Å². The Bertz CT molecular complexity index is 1000. The minimum absolute atomic E-state index is 0.143. The Morgan fingerprint density at radius 2 is 1.77 bits per heavy atom. The van der Waals surface area contributed by atoms with Crippen LogP contribution in [0.3, 0.4) is 0 Å². The molecule has 2 aromatic heterocycles. The summed E-state index contributed by atoms with van der Waals surface area (Å²) in [6, 6.07) is 7.35. The Morgan fingerprint density at radius 3 is 2.45 bits per heavy atom. The zero-order chi connectivity index (χ0) is 16.0. The number of benzene rings is 1. The quantitative estimate of drug-likeness (QED) is 0.679. The van der Waals surface area contributed by atoms with E-state index in [4.69, 9.17) is 11.6 Å². The Balaban J connectivity index is 2.32. The SMILES string of the molecule is Cn1c(=O)c2nc(Br)n(Cc3ccccc3Cl)c2c(=O)n1C. The molecule has 1 aromatic carbocycles. The van der Waals surface area contributed by atoms with Crippen molar-refractivity contribution in [3.05, 3.63) is 60.3 Å². The van der Waals surface area contributed by atoms with Gasteiger partial charge in [0, 0.05) is 19.1 Å². The lowest BCUT2D eigenvalue weighted by molar-refractivity contribution is 0.540. The summed E-state index contributed by atoms with van der Waals surface area (Å²) >= 11 is 9.50. The van der Waals surface area contributed by atoms with E-state index in [1.807, 2.05) is 18.2 Å². The van der Waals surface area contributed by atoms with Gasteiger partial charge in [0.2, 0.25) is 0 Å². The van der Waals surface area contributed by atoms with Crippen LogP contribution < -0.4 is 11.1 Å². The summed E-state index contributed by atoms with van der Waals surface area (Å²) in [5.41, 5.74) is 0.631. The number of fused-ring (bicyclic) bond motifs is 1. The van der Waals surface area contributed by atoms with Gasteiger partial charge in [-0.05, 0) is 27.6 Å². The Kier molecular flexibility index (Phi) is 3.70. The molecule has 0 aliphatic carbocycles. The third-order valence-electron chi connectivity index (χ3n) is 3.65. The molecule has 0 saturated heterocycles. The summed E-state index contributed by atoms with van der Waals surface area (Å²) in [7, 11) is 3.08. The minimum atomic E-state index is -0.323. The Hall–Kier alpha value is -1.86. The molecule has 0 amide bonds. The highest BCUT2D eigenvalue weighted by molar-refractivity contribution is 9.10. The molecule has 0 atom stereocenters. The van der Waals surface area contributed by atoms with Crippen LogP contribution >= 0.6 is 27.5 Å². The molecule has 8 heteroatoms. The van der Waals surface area contributed by atoms with Crippen LogP contribution in [0.15, 0.2) is 38.6 Å². The molecule has 0 saturated carbocycles. The lowest BCUT2D eigenvalue weighted by atomic mass is 10.2. The third kappa shape index (κ3) is 2.21. The average Bonchev–Trinajstić information content (AvgIpc) is 2.82. The highest BCUT2D eigenvalue weighted by atomic mass is 79.9. The Morgan fingerprint density at radius 1 is 1.14 bits per heavy atom. The van der Waals surface area contributed by atoms with E-state index in [0.29, 0.717) is 16.3 Å². The summed E-state index contributed by atoms with van der Waals surface area (Å²) in [6.45, 7) is 0.346. The van der Waals surface area contributed by atoms with E-state index in [1.54, 1.807) is 17.7 Å².